The first-order valence-electron chi connectivity index (χ1n) is 6.51. The van der Waals surface area contributed by atoms with Gasteiger partial charge in [0, 0.05) is 19.3 Å². The molecule has 0 saturated carbocycles. The minimum absolute atomic E-state index is 0. The van der Waals surface area contributed by atoms with Crippen LogP contribution in [0.25, 0.3) is 5.69 Å². The van der Waals surface area contributed by atoms with Gasteiger partial charge in [-0.05, 0) is 36.9 Å². The van der Waals surface area contributed by atoms with Crippen LogP contribution in [0, 0.1) is 5.82 Å². The number of nitrogens with one attached hydrogen (secondary N) is 2. The molecule has 2 rings (SSSR count). The van der Waals surface area contributed by atoms with Crippen molar-refractivity contribution in [3.63, 3.8) is 0 Å². The van der Waals surface area contributed by atoms with E-state index in [0.29, 0.717) is 17.9 Å². The molecule has 21 heavy (non-hydrogen) atoms. The summed E-state index contributed by atoms with van der Waals surface area (Å²) >= 11 is 0. The van der Waals surface area contributed by atoms with Crippen molar-refractivity contribution in [2.45, 2.75) is 6.92 Å². The Labute approximate surface area is 129 Å². The number of aromatic nitrogens is 2. The zero-order valence-corrected chi connectivity index (χ0v) is 12.5. The van der Waals surface area contributed by atoms with Gasteiger partial charge in [0.25, 0.3) is 5.91 Å². The summed E-state index contributed by atoms with van der Waals surface area (Å²) in [7, 11) is 0. The molecule has 0 aliphatic rings. The summed E-state index contributed by atoms with van der Waals surface area (Å²) in [5, 5.41) is 10.1. The molecule has 2 aromatic rings. The zero-order valence-electron chi connectivity index (χ0n) is 11.7. The summed E-state index contributed by atoms with van der Waals surface area (Å²) < 4.78 is 14.4. The maximum atomic E-state index is 12.8. The van der Waals surface area contributed by atoms with Crippen LogP contribution < -0.4 is 10.6 Å². The van der Waals surface area contributed by atoms with Crippen LogP contribution in [0.4, 0.5) is 4.39 Å². The van der Waals surface area contributed by atoms with E-state index in [-0.39, 0.29) is 24.1 Å². The maximum absolute atomic E-state index is 12.8. The van der Waals surface area contributed by atoms with Gasteiger partial charge >= 0.3 is 0 Å². The van der Waals surface area contributed by atoms with E-state index < -0.39 is 0 Å². The summed E-state index contributed by atoms with van der Waals surface area (Å²) in [5.74, 6) is -0.522. The number of nitrogens with zero attached hydrogens (tertiary/aromatic N) is 2. The van der Waals surface area contributed by atoms with E-state index in [9.17, 15) is 9.18 Å². The lowest BCUT2D eigenvalue weighted by molar-refractivity contribution is 0.0948. The number of amides is 1. The summed E-state index contributed by atoms with van der Waals surface area (Å²) in [6.45, 7) is 4.15. The molecule has 1 aromatic heterocycles. The number of carbonyl (C=O) groups is 1. The Morgan fingerprint density at radius 2 is 1.95 bits per heavy atom. The number of hydrogen-bond donors (Lipinski definition) is 2. The largest absolute Gasteiger partial charge is 0.349 e. The standard InChI is InChI=1S/C14H17FN4O.ClH/c1-2-16-8-9-17-14(20)13-7-10-19(18-13)12-5-3-11(15)4-6-12;/h3-7,10,16H,2,8-9H2,1H3,(H,17,20);1H. The van der Waals surface area contributed by atoms with E-state index >= 15 is 0 Å². The molecule has 114 valence electrons. The van der Waals surface area contributed by atoms with Gasteiger partial charge in [-0.2, -0.15) is 5.10 Å². The number of hydrogen-bond acceptors (Lipinski definition) is 3. The SMILES string of the molecule is CCNCCNC(=O)c1ccn(-c2ccc(F)cc2)n1.Cl. The van der Waals surface area contributed by atoms with Gasteiger partial charge in [0.15, 0.2) is 5.69 Å². The smallest absolute Gasteiger partial charge is 0.271 e. The fourth-order valence-electron chi connectivity index (χ4n) is 1.71. The van der Waals surface area contributed by atoms with Crippen LogP contribution in [0.15, 0.2) is 36.5 Å². The molecule has 0 bridgehead atoms. The van der Waals surface area contributed by atoms with Gasteiger partial charge in [0.2, 0.25) is 0 Å². The first kappa shape index (κ1) is 17.1. The molecule has 0 spiro atoms. The third kappa shape index (κ3) is 4.84. The summed E-state index contributed by atoms with van der Waals surface area (Å²) in [5.41, 5.74) is 1.05. The van der Waals surface area contributed by atoms with Gasteiger partial charge in [-0.1, -0.05) is 6.92 Å². The van der Waals surface area contributed by atoms with E-state index in [4.69, 9.17) is 0 Å². The molecule has 5 nitrogen and oxygen atoms in total. The average molecular weight is 313 g/mol. The van der Waals surface area contributed by atoms with Gasteiger partial charge in [-0.3, -0.25) is 4.79 Å². The zero-order chi connectivity index (χ0) is 14.4. The van der Waals surface area contributed by atoms with E-state index in [1.54, 1.807) is 29.1 Å². The third-order valence-electron chi connectivity index (χ3n) is 2.75. The van der Waals surface area contributed by atoms with Crippen molar-refractivity contribution in [3.05, 3.63) is 48.0 Å². The highest BCUT2D eigenvalue weighted by atomic mass is 35.5. The second-order valence-electron chi connectivity index (χ2n) is 4.23. The molecule has 0 fully saturated rings. The van der Waals surface area contributed by atoms with Crippen molar-refractivity contribution in [1.29, 1.82) is 0 Å². The quantitative estimate of drug-likeness (QED) is 0.799. The molecule has 0 aliphatic heterocycles. The molecular formula is C14H18ClFN4O. The first-order chi connectivity index (χ1) is 9.70. The predicted molar refractivity (Wildman–Crippen MR) is 81.6 cm³/mol. The molecular weight excluding hydrogens is 295 g/mol. The first-order valence-corrected chi connectivity index (χ1v) is 6.51. The van der Waals surface area contributed by atoms with Crippen LogP contribution in [0.1, 0.15) is 17.4 Å². The summed E-state index contributed by atoms with van der Waals surface area (Å²) in [6.07, 6.45) is 1.67. The third-order valence-corrected chi connectivity index (χ3v) is 2.75. The fourth-order valence-corrected chi connectivity index (χ4v) is 1.71. The molecule has 1 heterocycles. The van der Waals surface area contributed by atoms with Gasteiger partial charge in [-0.25, -0.2) is 9.07 Å². The number of halogens is 2. The Balaban J connectivity index is 0.00000220. The van der Waals surface area contributed by atoms with Crippen LogP contribution in [0.2, 0.25) is 0 Å². The highest BCUT2D eigenvalue weighted by Crippen LogP contribution is 2.08. The predicted octanol–water partition coefficient (Wildman–Crippen LogP) is 1.77. The monoisotopic (exact) mass is 312 g/mol. The van der Waals surface area contributed by atoms with Crippen LogP contribution in [-0.4, -0.2) is 35.3 Å². The second-order valence-corrected chi connectivity index (χ2v) is 4.23. The van der Waals surface area contributed by atoms with E-state index in [1.165, 1.54) is 12.1 Å². The minimum atomic E-state index is -0.303. The Morgan fingerprint density at radius 1 is 1.24 bits per heavy atom. The normalized spacial score (nSPS) is 10.0. The highest BCUT2D eigenvalue weighted by molar-refractivity contribution is 5.92. The molecule has 1 aromatic carbocycles. The van der Waals surface area contributed by atoms with Crippen LogP contribution in [0.5, 0.6) is 0 Å². The lowest BCUT2D eigenvalue weighted by Crippen LogP contribution is -2.32. The fraction of sp³-hybridized carbons (Fsp3) is 0.286. The molecule has 0 aliphatic carbocycles. The minimum Gasteiger partial charge on any atom is -0.349 e. The maximum Gasteiger partial charge on any atom is 0.271 e. The number of benzene rings is 1. The van der Waals surface area contributed by atoms with E-state index in [0.717, 1.165) is 13.1 Å². The number of rotatable bonds is 6. The topological polar surface area (TPSA) is 58.9 Å². The number of likely N-dealkylation sites (N-methyl/N-ethyl adjacent to an activating group) is 1. The molecule has 1 amide bonds. The van der Waals surface area contributed by atoms with E-state index in [2.05, 4.69) is 15.7 Å². The van der Waals surface area contributed by atoms with Gasteiger partial charge in [0.05, 0.1) is 5.69 Å². The Morgan fingerprint density at radius 3 is 2.62 bits per heavy atom. The van der Waals surface area contributed by atoms with Crippen molar-refractivity contribution in [2.24, 2.45) is 0 Å². The molecule has 7 heteroatoms. The van der Waals surface area contributed by atoms with Crippen molar-refractivity contribution in [2.75, 3.05) is 19.6 Å². The Hall–Kier alpha value is -1.92. The summed E-state index contributed by atoms with van der Waals surface area (Å²) in [6, 6.07) is 7.55. The van der Waals surface area contributed by atoms with Gasteiger partial charge in [0.1, 0.15) is 5.82 Å². The van der Waals surface area contributed by atoms with E-state index in [1.807, 2.05) is 6.92 Å². The van der Waals surface area contributed by atoms with Gasteiger partial charge in [-0.15, -0.1) is 12.4 Å². The summed E-state index contributed by atoms with van der Waals surface area (Å²) in [4.78, 5) is 11.8. The molecule has 2 N–H and O–H groups in total. The number of carbonyl (C=O) groups excluding carboxylic acids is 1. The van der Waals surface area contributed by atoms with Crippen molar-refractivity contribution >= 4 is 18.3 Å². The van der Waals surface area contributed by atoms with Crippen molar-refractivity contribution in [3.8, 4) is 5.69 Å². The van der Waals surface area contributed by atoms with Crippen molar-refractivity contribution in [1.82, 2.24) is 20.4 Å². The molecule has 0 radical (unpaired) electrons. The van der Waals surface area contributed by atoms with Crippen LogP contribution in [0.3, 0.4) is 0 Å². The van der Waals surface area contributed by atoms with Crippen molar-refractivity contribution < 1.29 is 9.18 Å². The molecule has 0 unspecified atom stereocenters. The highest BCUT2D eigenvalue weighted by Gasteiger charge is 2.09. The Kier molecular flexibility index (Phi) is 6.84. The van der Waals surface area contributed by atoms with Crippen LogP contribution >= 0.6 is 12.4 Å². The van der Waals surface area contributed by atoms with Crippen LogP contribution in [-0.2, 0) is 0 Å². The lowest BCUT2D eigenvalue weighted by atomic mass is 10.3. The molecule has 0 atom stereocenters. The average Bonchev–Trinajstić information content (AvgIpc) is 2.94. The second kappa shape index (κ2) is 8.39. The molecule has 0 saturated heterocycles. The lowest BCUT2D eigenvalue weighted by Gasteiger charge is -2.03. The van der Waals surface area contributed by atoms with Gasteiger partial charge < -0.3 is 10.6 Å². The Bertz CT molecular complexity index is 571.